The van der Waals surface area contributed by atoms with Gasteiger partial charge >= 0.3 is 0 Å². The number of nitrogens with zero attached hydrogens (tertiary/aromatic N) is 2. The Morgan fingerprint density at radius 1 is 1.16 bits per heavy atom. The highest BCUT2D eigenvalue weighted by molar-refractivity contribution is 5.82. The lowest BCUT2D eigenvalue weighted by atomic mass is 10.1. The fourth-order valence-electron chi connectivity index (χ4n) is 1.95. The minimum Gasteiger partial charge on any atom is -0.384 e. The molecule has 98 valence electrons. The standard InChI is InChI=1S/C16H19N3/c1-2-3-4-5-6-7-8-13-11-12-18-16-14(13)9-10-15(17)19-16/h9-12H,2-6H2,1H3,(H2,17,18,19). The van der Waals surface area contributed by atoms with Gasteiger partial charge in [0.2, 0.25) is 0 Å². The minimum absolute atomic E-state index is 0.490. The number of anilines is 1. The molecule has 0 aliphatic heterocycles. The van der Waals surface area contributed by atoms with Crippen LogP contribution in [0.5, 0.6) is 0 Å². The first-order valence-corrected chi connectivity index (χ1v) is 6.81. The van der Waals surface area contributed by atoms with Gasteiger partial charge in [-0.05, 0) is 24.6 Å². The Labute approximate surface area is 114 Å². The summed E-state index contributed by atoms with van der Waals surface area (Å²) < 4.78 is 0. The maximum Gasteiger partial charge on any atom is 0.162 e. The Morgan fingerprint density at radius 3 is 2.89 bits per heavy atom. The van der Waals surface area contributed by atoms with Crippen molar-refractivity contribution in [2.45, 2.75) is 39.0 Å². The molecule has 0 bridgehead atoms. The van der Waals surface area contributed by atoms with Crippen LogP contribution < -0.4 is 5.73 Å². The maximum atomic E-state index is 5.65. The van der Waals surface area contributed by atoms with Crippen LogP contribution in [0.15, 0.2) is 24.4 Å². The minimum atomic E-state index is 0.490. The Hall–Kier alpha value is -2.08. The molecule has 0 saturated heterocycles. The van der Waals surface area contributed by atoms with Crippen LogP contribution in [0, 0.1) is 11.8 Å². The zero-order chi connectivity index (χ0) is 13.5. The summed E-state index contributed by atoms with van der Waals surface area (Å²) in [5, 5.41) is 0.970. The molecule has 2 heterocycles. The number of hydrogen-bond donors (Lipinski definition) is 1. The molecule has 0 aliphatic carbocycles. The summed E-state index contributed by atoms with van der Waals surface area (Å²) in [5.41, 5.74) is 7.30. The molecule has 0 unspecified atom stereocenters. The lowest BCUT2D eigenvalue weighted by molar-refractivity contribution is 0.679. The first kappa shape index (κ1) is 13.4. The van der Waals surface area contributed by atoms with Crippen molar-refractivity contribution < 1.29 is 0 Å². The third-order valence-corrected chi connectivity index (χ3v) is 3.00. The molecule has 0 aromatic carbocycles. The molecule has 0 radical (unpaired) electrons. The summed E-state index contributed by atoms with van der Waals surface area (Å²) in [5.74, 6) is 6.93. The van der Waals surface area contributed by atoms with Crippen LogP contribution in [0.3, 0.4) is 0 Å². The number of nitrogens with two attached hydrogens (primary N) is 1. The van der Waals surface area contributed by atoms with Gasteiger partial charge in [-0.3, -0.25) is 0 Å². The van der Waals surface area contributed by atoms with Crippen LogP contribution in [0.4, 0.5) is 5.82 Å². The van der Waals surface area contributed by atoms with E-state index in [1.165, 1.54) is 25.7 Å². The molecule has 0 amide bonds. The lowest BCUT2D eigenvalue weighted by Crippen LogP contribution is -1.92. The molecular formula is C16H19N3. The molecule has 19 heavy (non-hydrogen) atoms. The first-order valence-electron chi connectivity index (χ1n) is 6.81. The highest BCUT2D eigenvalue weighted by Gasteiger charge is 2.00. The van der Waals surface area contributed by atoms with Gasteiger partial charge in [0.1, 0.15) is 5.82 Å². The van der Waals surface area contributed by atoms with Crippen molar-refractivity contribution in [2.75, 3.05) is 5.73 Å². The number of aromatic nitrogens is 2. The van der Waals surface area contributed by atoms with Crippen LogP contribution in [0.2, 0.25) is 0 Å². The molecule has 0 saturated carbocycles. The summed E-state index contributed by atoms with van der Waals surface area (Å²) in [7, 11) is 0. The van der Waals surface area contributed by atoms with Gasteiger partial charge in [-0.15, -0.1) is 0 Å². The van der Waals surface area contributed by atoms with Gasteiger partial charge in [0.15, 0.2) is 5.65 Å². The second-order valence-corrected chi connectivity index (χ2v) is 4.58. The predicted octanol–water partition coefficient (Wildman–Crippen LogP) is 3.53. The van der Waals surface area contributed by atoms with Crippen molar-refractivity contribution in [2.24, 2.45) is 0 Å². The van der Waals surface area contributed by atoms with E-state index in [1.807, 2.05) is 12.1 Å². The fourth-order valence-corrected chi connectivity index (χ4v) is 1.95. The Kier molecular flexibility index (Phi) is 4.74. The molecule has 0 aliphatic rings. The quantitative estimate of drug-likeness (QED) is 0.670. The van der Waals surface area contributed by atoms with E-state index in [4.69, 9.17) is 5.73 Å². The average molecular weight is 253 g/mol. The second-order valence-electron chi connectivity index (χ2n) is 4.58. The van der Waals surface area contributed by atoms with Gasteiger partial charge in [-0.1, -0.05) is 38.0 Å². The third kappa shape index (κ3) is 3.69. The van der Waals surface area contributed by atoms with Gasteiger partial charge in [0.05, 0.1) is 0 Å². The van der Waals surface area contributed by atoms with Gasteiger partial charge < -0.3 is 5.73 Å². The number of nitrogen functional groups attached to an aromatic ring is 1. The Balaban J connectivity index is 2.10. The van der Waals surface area contributed by atoms with Crippen molar-refractivity contribution in [3.05, 3.63) is 30.0 Å². The van der Waals surface area contributed by atoms with Crippen LogP contribution >= 0.6 is 0 Å². The highest BCUT2D eigenvalue weighted by atomic mass is 14.9. The van der Waals surface area contributed by atoms with E-state index >= 15 is 0 Å². The van der Waals surface area contributed by atoms with E-state index in [9.17, 15) is 0 Å². The summed E-state index contributed by atoms with van der Waals surface area (Å²) >= 11 is 0. The molecule has 0 atom stereocenters. The topological polar surface area (TPSA) is 51.8 Å². The first-order chi connectivity index (χ1) is 9.31. The van der Waals surface area contributed by atoms with E-state index in [0.29, 0.717) is 11.5 Å². The summed E-state index contributed by atoms with van der Waals surface area (Å²) in [6.45, 7) is 2.22. The summed E-state index contributed by atoms with van der Waals surface area (Å²) in [4.78, 5) is 8.42. The highest BCUT2D eigenvalue weighted by Crippen LogP contribution is 2.15. The third-order valence-electron chi connectivity index (χ3n) is 3.00. The van der Waals surface area contributed by atoms with Crippen LogP contribution in [0.1, 0.15) is 44.6 Å². The molecule has 2 aromatic heterocycles. The maximum absolute atomic E-state index is 5.65. The van der Waals surface area contributed by atoms with E-state index in [0.717, 1.165) is 17.4 Å². The number of fused-ring (bicyclic) bond motifs is 1. The second kappa shape index (κ2) is 6.75. The number of rotatable bonds is 4. The molecule has 2 aromatic rings. The van der Waals surface area contributed by atoms with Gasteiger partial charge in [0.25, 0.3) is 0 Å². The van der Waals surface area contributed by atoms with E-state index in [-0.39, 0.29) is 0 Å². The largest absolute Gasteiger partial charge is 0.384 e. The SMILES string of the molecule is CCCCCCC#Cc1ccnc2nc(N)ccc12. The smallest absolute Gasteiger partial charge is 0.162 e. The molecule has 2 N–H and O–H groups in total. The van der Waals surface area contributed by atoms with Crippen molar-refractivity contribution in [3.8, 4) is 11.8 Å². The average Bonchev–Trinajstić information content (AvgIpc) is 2.42. The molecule has 0 fully saturated rings. The van der Waals surface area contributed by atoms with E-state index < -0.39 is 0 Å². The Bertz CT molecular complexity index is 608. The van der Waals surface area contributed by atoms with Gasteiger partial charge in [-0.2, -0.15) is 0 Å². The van der Waals surface area contributed by atoms with Crippen molar-refractivity contribution >= 4 is 16.9 Å². The summed E-state index contributed by atoms with van der Waals surface area (Å²) in [6.07, 6.45) is 7.68. The fraction of sp³-hybridized carbons (Fsp3) is 0.375. The van der Waals surface area contributed by atoms with Gasteiger partial charge in [-0.25, -0.2) is 9.97 Å². The molecule has 0 spiro atoms. The molecule has 3 nitrogen and oxygen atoms in total. The van der Waals surface area contributed by atoms with Crippen molar-refractivity contribution in [1.82, 2.24) is 9.97 Å². The van der Waals surface area contributed by atoms with Crippen molar-refractivity contribution in [3.63, 3.8) is 0 Å². The number of hydrogen-bond acceptors (Lipinski definition) is 3. The van der Waals surface area contributed by atoms with Crippen LogP contribution in [0.25, 0.3) is 11.0 Å². The summed E-state index contributed by atoms with van der Waals surface area (Å²) in [6, 6.07) is 5.65. The van der Waals surface area contributed by atoms with Crippen LogP contribution in [-0.2, 0) is 0 Å². The zero-order valence-electron chi connectivity index (χ0n) is 11.3. The number of pyridine rings is 2. The number of unbranched alkanes of at least 4 members (excludes halogenated alkanes) is 4. The lowest BCUT2D eigenvalue weighted by Gasteiger charge is -1.99. The monoisotopic (exact) mass is 253 g/mol. The normalized spacial score (nSPS) is 10.2. The Morgan fingerprint density at radius 2 is 2.05 bits per heavy atom. The molecule has 3 heteroatoms. The van der Waals surface area contributed by atoms with Crippen LogP contribution in [-0.4, -0.2) is 9.97 Å². The van der Waals surface area contributed by atoms with Gasteiger partial charge in [0, 0.05) is 23.6 Å². The molecular weight excluding hydrogens is 234 g/mol. The zero-order valence-corrected chi connectivity index (χ0v) is 11.3. The predicted molar refractivity (Wildman–Crippen MR) is 79.6 cm³/mol. The molecule has 2 rings (SSSR count). The van der Waals surface area contributed by atoms with Crippen molar-refractivity contribution in [1.29, 1.82) is 0 Å². The van der Waals surface area contributed by atoms with E-state index in [1.54, 1.807) is 12.3 Å². The van der Waals surface area contributed by atoms with E-state index in [2.05, 4.69) is 28.7 Å².